The third-order valence-electron chi connectivity index (χ3n) is 5.25. The summed E-state index contributed by atoms with van der Waals surface area (Å²) in [4.78, 5) is 16.7. The van der Waals surface area contributed by atoms with Gasteiger partial charge >= 0.3 is 0 Å². The first-order chi connectivity index (χ1) is 13.2. The van der Waals surface area contributed by atoms with Crippen LogP contribution in [0, 0.1) is 6.92 Å². The van der Waals surface area contributed by atoms with Crippen molar-refractivity contribution in [2.24, 2.45) is 7.05 Å². The number of hydrogen-bond donors (Lipinski definition) is 0. The Morgan fingerprint density at radius 1 is 1.25 bits per heavy atom. The van der Waals surface area contributed by atoms with Gasteiger partial charge in [-0.3, -0.25) is 4.79 Å². The molecule has 0 N–H and O–H groups in total. The van der Waals surface area contributed by atoms with Crippen molar-refractivity contribution in [1.29, 1.82) is 0 Å². The Morgan fingerprint density at radius 2 is 1.96 bits per heavy atom. The first-order valence-electron chi connectivity index (χ1n) is 9.48. The molecule has 0 spiro atoms. The quantitative estimate of drug-likeness (QED) is 0.652. The predicted octanol–water partition coefficient (Wildman–Crippen LogP) is 3.70. The molecule has 0 saturated heterocycles. The molecule has 0 bridgehead atoms. The summed E-state index contributed by atoms with van der Waals surface area (Å²) in [5.41, 5.74) is 4.13. The summed E-state index contributed by atoms with van der Waals surface area (Å²) in [5, 5.41) is -0.453. The van der Waals surface area contributed by atoms with Gasteiger partial charge in [-0.1, -0.05) is 0 Å². The second kappa shape index (κ2) is 6.58. The maximum Gasteiger partial charge on any atom is 0.253 e. The normalized spacial score (nSPS) is 14.9. The lowest BCUT2D eigenvalue weighted by Crippen LogP contribution is -2.18. The first kappa shape index (κ1) is 18.9. The van der Waals surface area contributed by atoms with Crippen molar-refractivity contribution in [3.8, 4) is 11.1 Å². The van der Waals surface area contributed by atoms with Crippen molar-refractivity contribution in [3.63, 3.8) is 0 Å². The Hall–Kier alpha value is -2.41. The van der Waals surface area contributed by atoms with E-state index in [1.165, 1.54) is 4.57 Å². The van der Waals surface area contributed by atoms with Gasteiger partial charge in [-0.25, -0.2) is 13.4 Å². The van der Waals surface area contributed by atoms with Gasteiger partial charge in [0.25, 0.3) is 5.56 Å². The van der Waals surface area contributed by atoms with Crippen molar-refractivity contribution in [2.75, 3.05) is 0 Å². The van der Waals surface area contributed by atoms with Gasteiger partial charge in [-0.05, 0) is 57.4 Å². The number of sulfone groups is 1. The fourth-order valence-corrected chi connectivity index (χ4v) is 4.30. The largest absolute Gasteiger partial charge is 0.440 e. The standard InChI is InChI=1S/C21H24N2O4S/c1-12(2)28(25,26)11-14-8-17(16-7-13(3)21(24)23(4)10-16)19-18(9-14)22-20(27-19)15-5-6-15/h7-10,12,15H,5-6,11H2,1-4H3. The van der Waals surface area contributed by atoms with Crippen molar-refractivity contribution in [3.05, 3.63) is 51.8 Å². The van der Waals surface area contributed by atoms with Crippen LogP contribution in [0.15, 0.2) is 33.6 Å². The zero-order chi connectivity index (χ0) is 20.2. The molecule has 3 aromatic rings. The molecule has 0 radical (unpaired) electrons. The number of rotatable bonds is 5. The van der Waals surface area contributed by atoms with Crippen molar-refractivity contribution in [2.45, 2.75) is 50.5 Å². The van der Waals surface area contributed by atoms with Gasteiger partial charge < -0.3 is 8.98 Å². The SMILES string of the molecule is Cc1cc(-c2cc(CS(=O)(=O)C(C)C)cc3nc(C4CC4)oc23)cn(C)c1=O. The molecule has 2 aromatic heterocycles. The lowest BCUT2D eigenvalue weighted by molar-refractivity contribution is 0.534. The van der Waals surface area contributed by atoms with E-state index >= 15 is 0 Å². The fraction of sp³-hybridized carbons (Fsp3) is 0.429. The van der Waals surface area contributed by atoms with Crippen LogP contribution in [0.3, 0.4) is 0 Å². The molecule has 1 aliphatic carbocycles. The Bertz CT molecular complexity index is 1210. The van der Waals surface area contributed by atoms with Gasteiger partial charge in [-0.15, -0.1) is 0 Å². The molecule has 28 heavy (non-hydrogen) atoms. The van der Waals surface area contributed by atoms with Crippen LogP contribution in [0.5, 0.6) is 0 Å². The van der Waals surface area contributed by atoms with Crippen LogP contribution in [-0.4, -0.2) is 23.2 Å². The lowest BCUT2D eigenvalue weighted by Gasteiger charge is -2.11. The average Bonchev–Trinajstić information content (AvgIpc) is 3.37. The minimum absolute atomic E-state index is 0.0516. The van der Waals surface area contributed by atoms with E-state index in [1.807, 2.05) is 18.2 Å². The number of fused-ring (bicyclic) bond motifs is 1. The Labute approximate surface area is 164 Å². The molecular formula is C21H24N2O4S. The van der Waals surface area contributed by atoms with E-state index in [4.69, 9.17) is 4.42 Å². The number of hydrogen-bond acceptors (Lipinski definition) is 5. The minimum Gasteiger partial charge on any atom is -0.440 e. The fourth-order valence-electron chi connectivity index (χ4n) is 3.33. The van der Waals surface area contributed by atoms with Crippen LogP contribution in [0.4, 0.5) is 0 Å². The Kier molecular flexibility index (Phi) is 4.45. The smallest absolute Gasteiger partial charge is 0.253 e. The summed E-state index contributed by atoms with van der Waals surface area (Å²) in [6.45, 7) is 5.14. The zero-order valence-corrected chi connectivity index (χ0v) is 17.3. The van der Waals surface area contributed by atoms with Gasteiger partial charge in [-0.2, -0.15) is 0 Å². The van der Waals surface area contributed by atoms with E-state index < -0.39 is 15.1 Å². The van der Waals surface area contributed by atoms with Gasteiger partial charge in [0.1, 0.15) is 5.52 Å². The van der Waals surface area contributed by atoms with Crippen molar-refractivity contribution >= 4 is 20.9 Å². The molecule has 1 aromatic carbocycles. The molecule has 6 nitrogen and oxygen atoms in total. The molecule has 0 aliphatic heterocycles. The molecule has 148 valence electrons. The molecule has 1 aliphatic rings. The van der Waals surface area contributed by atoms with Gasteiger partial charge in [0.05, 0.1) is 11.0 Å². The summed E-state index contributed by atoms with van der Waals surface area (Å²) in [5.74, 6) is 1.01. The lowest BCUT2D eigenvalue weighted by atomic mass is 10.0. The Morgan fingerprint density at radius 3 is 2.57 bits per heavy atom. The van der Waals surface area contributed by atoms with Crippen molar-refractivity contribution < 1.29 is 12.8 Å². The number of pyridine rings is 1. The summed E-state index contributed by atoms with van der Waals surface area (Å²) in [6.07, 6.45) is 3.88. The summed E-state index contributed by atoms with van der Waals surface area (Å²) in [7, 11) is -1.55. The van der Waals surface area contributed by atoms with Crippen LogP contribution < -0.4 is 5.56 Å². The molecule has 4 rings (SSSR count). The highest BCUT2D eigenvalue weighted by atomic mass is 32.2. The van der Waals surface area contributed by atoms with E-state index in [0.29, 0.717) is 34.0 Å². The van der Waals surface area contributed by atoms with E-state index in [9.17, 15) is 13.2 Å². The maximum absolute atomic E-state index is 12.5. The number of aromatic nitrogens is 2. The average molecular weight is 401 g/mol. The molecule has 0 unspecified atom stereocenters. The maximum atomic E-state index is 12.5. The van der Waals surface area contributed by atoms with Gasteiger partial charge in [0, 0.05) is 35.9 Å². The molecule has 7 heteroatoms. The second-order valence-corrected chi connectivity index (χ2v) is 10.6. The molecular weight excluding hydrogens is 376 g/mol. The van der Waals surface area contributed by atoms with Crippen LogP contribution in [0.1, 0.15) is 49.6 Å². The van der Waals surface area contributed by atoms with Gasteiger partial charge in [0.2, 0.25) is 0 Å². The number of oxazole rings is 1. The van der Waals surface area contributed by atoms with Gasteiger partial charge in [0.15, 0.2) is 21.3 Å². The number of aryl methyl sites for hydroxylation is 2. The van der Waals surface area contributed by atoms with E-state index in [2.05, 4.69) is 4.98 Å². The summed E-state index contributed by atoms with van der Waals surface area (Å²) in [6, 6.07) is 5.48. The zero-order valence-electron chi connectivity index (χ0n) is 16.5. The van der Waals surface area contributed by atoms with E-state index in [1.54, 1.807) is 34.0 Å². The summed E-state index contributed by atoms with van der Waals surface area (Å²) >= 11 is 0. The topological polar surface area (TPSA) is 82.2 Å². The Balaban J connectivity index is 1.93. The minimum atomic E-state index is -3.25. The third kappa shape index (κ3) is 3.39. The molecule has 2 heterocycles. The number of nitrogens with zero attached hydrogens (tertiary/aromatic N) is 2. The molecule has 0 atom stereocenters. The van der Waals surface area contributed by atoms with E-state index in [-0.39, 0.29) is 11.3 Å². The number of benzene rings is 1. The summed E-state index contributed by atoms with van der Waals surface area (Å²) < 4.78 is 32.5. The third-order valence-corrected chi connectivity index (χ3v) is 7.42. The highest BCUT2D eigenvalue weighted by Crippen LogP contribution is 2.42. The highest BCUT2D eigenvalue weighted by Gasteiger charge is 2.30. The van der Waals surface area contributed by atoms with Crippen LogP contribution in [0.25, 0.3) is 22.2 Å². The first-order valence-corrected chi connectivity index (χ1v) is 11.2. The van der Waals surface area contributed by atoms with Crippen LogP contribution in [0.2, 0.25) is 0 Å². The van der Waals surface area contributed by atoms with E-state index in [0.717, 1.165) is 24.0 Å². The molecule has 1 fully saturated rings. The predicted molar refractivity (Wildman–Crippen MR) is 109 cm³/mol. The van der Waals surface area contributed by atoms with Crippen LogP contribution in [-0.2, 0) is 22.6 Å². The molecule has 0 amide bonds. The highest BCUT2D eigenvalue weighted by molar-refractivity contribution is 7.91. The van der Waals surface area contributed by atoms with Crippen LogP contribution >= 0.6 is 0 Å². The van der Waals surface area contributed by atoms with Crippen molar-refractivity contribution in [1.82, 2.24) is 9.55 Å². The monoisotopic (exact) mass is 400 g/mol. The molecule has 1 saturated carbocycles. The second-order valence-electron chi connectivity index (χ2n) is 8.00.